The summed E-state index contributed by atoms with van der Waals surface area (Å²) < 4.78 is 0. The van der Waals surface area contributed by atoms with Gasteiger partial charge in [-0.1, -0.05) is 12.1 Å². The van der Waals surface area contributed by atoms with Crippen LogP contribution in [0.5, 0.6) is 0 Å². The van der Waals surface area contributed by atoms with Crippen LogP contribution in [0.4, 0.5) is 5.69 Å². The molecule has 0 heterocycles. The molecule has 0 fully saturated rings. The lowest BCUT2D eigenvalue weighted by molar-refractivity contribution is -0.116. The number of hydrogen-bond acceptors (Lipinski definition) is 3. The number of unbranched alkanes of at least 4 members (excludes halogenated alkanes) is 1. The van der Waals surface area contributed by atoms with E-state index in [1.807, 2.05) is 18.2 Å². The van der Waals surface area contributed by atoms with E-state index in [0.29, 0.717) is 25.1 Å². The first-order valence-corrected chi connectivity index (χ1v) is 5.41. The van der Waals surface area contributed by atoms with Crippen LogP contribution in [0.25, 0.3) is 6.08 Å². The Balaban J connectivity index is 2.38. The lowest BCUT2D eigenvalue weighted by Crippen LogP contribution is -2.21. The Morgan fingerprint density at radius 1 is 1.53 bits per heavy atom. The lowest BCUT2D eigenvalue weighted by Gasteiger charge is -1.99. The van der Waals surface area contributed by atoms with Gasteiger partial charge in [0.2, 0.25) is 5.91 Å². The van der Waals surface area contributed by atoms with E-state index >= 15 is 0 Å². The van der Waals surface area contributed by atoms with Gasteiger partial charge in [-0.3, -0.25) is 4.79 Å². The van der Waals surface area contributed by atoms with Crippen LogP contribution in [0.3, 0.4) is 0 Å². The fraction of sp³-hybridized carbons (Fsp3) is 0.231. The van der Waals surface area contributed by atoms with Crippen molar-refractivity contribution < 1.29 is 4.79 Å². The molecule has 0 aliphatic heterocycles. The summed E-state index contributed by atoms with van der Waals surface area (Å²) in [5.41, 5.74) is 7.17. The van der Waals surface area contributed by atoms with Crippen molar-refractivity contribution in [1.29, 1.82) is 5.26 Å². The van der Waals surface area contributed by atoms with E-state index in [4.69, 9.17) is 11.0 Å². The number of rotatable bonds is 5. The molecule has 88 valence electrons. The maximum absolute atomic E-state index is 11.4. The molecule has 1 amide bonds. The van der Waals surface area contributed by atoms with E-state index in [-0.39, 0.29) is 5.91 Å². The fourth-order valence-electron chi connectivity index (χ4n) is 1.27. The monoisotopic (exact) mass is 229 g/mol. The van der Waals surface area contributed by atoms with Crippen LogP contribution >= 0.6 is 0 Å². The second kappa shape index (κ2) is 7.07. The molecule has 3 N–H and O–H groups in total. The Morgan fingerprint density at radius 3 is 3.06 bits per heavy atom. The van der Waals surface area contributed by atoms with Gasteiger partial charge in [0, 0.05) is 24.7 Å². The average molecular weight is 229 g/mol. The number of nitrogens with zero attached hydrogens (tertiary/aromatic N) is 1. The van der Waals surface area contributed by atoms with E-state index in [1.165, 1.54) is 6.08 Å². The number of carbonyl (C=O) groups is 1. The van der Waals surface area contributed by atoms with Gasteiger partial charge in [0.1, 0.15) is 0 Å². The molecule has 1 aromatic rings. The van der Waals surface area contributed by atoms with Crippen LogP contribution < -0.4 is 11.1 Å². The van der Waals surface area contributed by atoms with Gasteiger partial charge < -0.3 is 11.1 Å². The highest BCUT2D eigenvalue weighted by atomic mass is 16.1. The minimum atomic E-state index is -0.162. The number of nitrogens with two attached hydrogens (primary N) is 1. The second-order valence-corrected chi connectivity index (χ2v) is 3.56. The molecule has 0 saturated heterocycles. The Labute approximate surface area is 101 Å². The van der Waals surface area contributed by atoms with E-state index in [1.54, 1.807) is 18.2 Å². The smallest absolute Gasteiger partial charge is 0.243 e. The zero-order valence-electron chi connectivity index (χ0n) is 9.52. The van der Waals surface area contributed by atoms with Gasteiger partial charge in [-0.2, -0.15) is 5.26 Å². The minimum Gasteiger partial charge on any atom is -0.399 e. The van der Waals surface area contributed by atoms with Crippen molar-refractivity contribution in [2.45, 2.75) is 12.8 Å². The fourth-order valence-corrected chi connectivity index (χ4v) is 1.27. The van der Waals surface area contributed by atoms with E-state index in [0.717, 1.165) is 5.56 Å². The topological polar surface area (TPSA) is 78.9 Å². The van der Waals surface area contributed by atoms with Gasteiger partial charge in [0.25, 0.3) is 0 Å². The Morgan fingerprint density at radius 2 is 2.35 bits per heavy atom. The first-order chi connectivity index (χ1) is 8.22. The normalized spacial score (nSPS) is 10.1. The van der Waals surface area contributed by atoms with Crippen molar-refractivity contribution in [3.63, 3.8) is 0 Å². The molecule has 4 heteroatoms. The molecule has 0 bridgehead atoms. The predicted molar refractivity (Wildman–Crippen MR) is 67.7 cm³/mol. The van der Waals surface area contributed by atoms with E-state index in [2.05, 4.69) is 5.32 Å². The van der Waals surface area contributed by atoms with Gasteiger partial charge in [-0.15, -0.1) is 0 Å². The van der Waals surface area contributed by atoms with Gasteiger partial charge in [-0.05, 0) is 30.2 Å². The summed E-state index contributed by atoms with van der Waals surface area (Å²) >= 11 is 0. The number of nitrogen functional groups attached to an aromatic ring is 1. The maximum Gasteiger partial charge on any atom is 0.243 e. The highest BCUT2D eigenvalue weighted by Gasteiger charge is 1.94. The van der Waals surface area contributed by atoms with Gasteiger partial charge in [0.05, 0.1) is 6.07 Å². The van der Waals surface area contributed by atoms with Crippen molar-refractivity contribution in [3.05, 3.63) is 35.9 Å². The zero-order valence-corrected chi connectivity index (χ0v) is 9.52. The molecular formula is C13H15N3O. The molecule has 0 saturated carbocycles. The first-order valence-electron chi connectivity index (χ1n) is 5.41. The summed E-state index contributed by atoms with van der Waals surface area (Å²) in [6.45, 7) is 0.521. The molecule has 0 aromatic heterocycles. The summed E-state index contributed by atoms with van der Waals surface area (Å²) in [5, 5.41) is 11.0. The van der Waals surface area contributed by atoms with Gasteiger partial charge in [0.15, 0.2) is 0 Å². The lowest BCUT2D eigenvalue weighted by atomic mass is 10.2. The SMILES string of the molecule is N#CCCCNC(=O)/C=C/c1cccc(N)c1. The summed E-state index contributed by atoms with van der Waals surface area (Å²) in [6.07, 6.45) is 4.30. The Kier molecular flexibility index (Phi) is 5.32. The maximum atomic E-state index is 11.4. The number of benzene rings is 1. The van der Waals surface area contributed by atoms with Crippen LogP contribution in [0.15, 0.2) is 30.3 Å². The van der Waals surface area contributed by atoms with Crippen molar-refractivity contribution in [1.82, 2.24) is 5.32 Å². The number of amides is 1. The Bertz CT molecular complexity index is 446. The van der Waals surface area contributed by atoms with Crippen molar-refractivity contribution in [2.75, 3.05) is 12.3 Å². The quantitative estimate of drug-likeness (QED) is 0.458. The third-order valence-corrected chi connectivity index (χ3v) is 2.10. The summed E-state index contributed by atoms with van der Waals surface area (Å²) in [4.78, 5) is 11.4. The number of hydrogen-bond donors (Lipinski definition) is 2. The minimum absolute atomic E-state index is 0.162. The molecular weight excluding hydrogens is 214 g/mol. The Hall–Kier alpha value is -2.28. The van der Waals surface area contributed by atoms with Crippen molar-refractivity contribution in [3.8, 4) is 6.07 Å². The number of anilines is 1. The third kappa shape index (κ3) is 5.38. The average Bonchev–Trinajstić information content (AvgIpc) is 2.32. The first kappa shape index (κ1) is 12.8. The summed E-state index contributed by atoms with van der Waals surface area (Å²) in [7, 11) is 0. The molecule has 0 spiro atoms. The molecule has 0 atom stereocenters. The number of nitrogens with one attached hydrogen (secondary N) is 1. The highest BCUT2D eigenvalue weighted by Crippen LogP contribution is 2.07. The van der Waals surface area contributed by atoms with Crippen LogP contribution in [0, 0.1) is 11.3 Å². The van der Waals surface area contributed by atoms with Crippen LogP contribution in [0.1, 0.15) is 18.4 Å². The van der Waals surface area contributed by atoms with Crippen LogP contribution in [-0.4, -0.2) is 12.5 Å². The summed E-state index contributed by atoms with van der Waals surface area (Å²) in [5.74, 6) is -0.162. The third-order valence-electron chi connectivity index (χ3n) is 2.10. The zero-order chi connectivity index (χ0) is 12.5. The van der Waals surface area contributed by atoms with Crippen LogP contribution in [0.2, 0.25) is 0 Å². The molecule has 0 aliphatic carbocycles. The molecule has 1 rings (SSSR count). The molecule has 4 nitrogen and oxygen atoms in total. The summed E-state index contributed by atoms with van der Waals surface area (Å²) in [6, 6.07) is 9.31. The molecule has 17 heavy (non-hydrogen) atoms. The largest absolute Gasteiger partial charge is 0.399 e. The standard InChI is InChI=1S/C13H15N3O/c14-8-1-2-9-16-13(17)7-6-11-4-3-5-12(15)10-11/h3-7,10H,1-2,9,15H2,(H,16,17)/b7-6+. The number of nitriles is 1. The molecule has 0 unspecified atom stereocenters. The van der Waals surface area contributed by atoms with Crippen LogP contribution in [-0.2, 0) is 4.79 Å². The second-order valence-electron chi connectivity index (χ2n) is 3.56. The van der Waals surface area contributed by atoms with Gasteiger partial charge >= 0.3 is 0 Å². The predicted octanol–water partition coefficient (Wildman–Crippen LogP) is 1.70. The molecule has 1 aromatic carbocycles. The van der Waals surface area contributed by atoms with Gasteiger partial charge in [-0.25, -0.2) is 0 Å². The number of carbonyl (C=O) groups excluding carboxylic acids is 1. The molecule has 0 aliphatic rings. The van der Waals surface area contributed by atoms with E-state index < -0.39 is 0 Å². The van der Waals surface area contributed by atoms with Crippen molar-refractivity contribution >= 4 is 17.7 Å². The van der Waals surface area contributed by atoms with Crippen molar-refractivity contribution in [2.24, 2.45) is 0 Å². The molecule has 0 radical (unpaired) electrons. The highest BCUT2D eigenvalue weighted by molar-refractivity contribution is 5.91. The van der Waals surface area contributed by atoms with E-state index in [9.17, 15) is 4.79 Å².